The average Bonchev–Trinajstić information content (AvgIpc) is 2.52. The molecule has 2 unspecified atom stereocenters. The molecular weight excluding hydrogens is 278 g/mol. The van der Waals surface area contributed by atoms with E-state index in [1.165, 1.54) is 75.7 Å². The molecule has 0 aromatic carbocycles. The van der Waals surface area contributed by atoms with E-state index in [4.69, 9.17) is 4.74 Å². The van der Waals surface area contributed by atoms with Gasteiger partial charge in [-0.3, -0.25) is 0 Å². The van der Waals surface area contributed by atoms with E-state index in [0.717, 1.165) is 12.5 Å². The van der Waals surface area contributed by atoms with E-state index >= 15 is 0 Å². The Morgan fingerprint density at radius 1 is 1.19 bits per heavy atom. The van der Waals surface area contributed by atoms with E-state index in [9.17, 15) is 0 Å². The second-order valence-corrected chi connectivity index (χ2v) is 8.22. The third kappa shape index (κ3) is 5.44. The molecule has 2 rings (SSSR count). The number of ether oxygens (including phenoxy) is 1. The van der Waals surface area contributed by atoms with Crippen LogP contribution in [0.1, 0.15) is 71.1 Å². The van der Waals surface area contributed by atoms with Gasteiger partial charge in [-0.05, 0) is 56.6 Å². The summed E-state index contributed by atoms with van der Waals surface area (Å²) >= 11 is 2.10. The van der Waals surface area contributed by atoms with Crippen molar-refractivity contribution < 1.29 is 4.74 Å². The van der Waals surface area contributed by atoms with E-state index in [1.54, 1.807) is 0 Å². The number of thioether (sulfide) groups is 1. The van der Waals surface area contributed by atoms with Crippen LogP contribution in [0, 0.1) is 5.92 Å². The summed E-state index contributed by atoms with van der Waals surface area (Å²) in [7, 11) is 2.16. The second-order valence-electron chi connectivity index (χ2n) is 6.99. The zero-order chi connectivity index (χ0) is 15.0. The van der Waals surface area contributed by atoms with Crippen molar-refractivity contribution >= 4 is 11.8 Å². The largest absolute Gasteiger partial charge is 0.375 e. The molecule has 2 atom stereocenters. The van der Waals surface area contributed by atoms with Gasteiger partial charge in [0, 0.05) is 12.6 Å². The Labute approximate surface area is 136 Å². The Bertz CT molecular complexity index is 273. The number of rotatable bonds is 8. The van der Waals surface area contributed by atoms with Crippen LogP contribution in [0.4, 0.5) is 0 Å². The quantitative estimate of drug-likeness (QED) is 0.660. The Kier molecular flexibility index (Phi) is 7.90. The summed E-state index contributed by atoms with van der Waals surface area (Å²) in [6.45, 7) is 3.28. The van der Waals surface area contributed by atoms with E-state index in [1.807, 2.05) is 0 Å². The highest BCUT2D eigenvalue weighted by Gasteiger charge is 2.40. The van der Waals surface area contributed by atoms with Gasteiger partial charge in [-0.2, -0.15) is 11.8 Å². The minimum absolute atomic E-state index is 0.242. The standard InChI is InChI=1S/C18H35NOS/c1-3-4-5-6-7-8-17(19-2)16-9-12-20-18(15-16)10-13-21-14-11-18/h16-17,19H,3-15H2,1-2H3. The Hall–Kier alpha value is 0.270. The Morgan fingerprint density at radius 3 is 2.67 bits per heavy atom. The first-order chi connectivity index (χ1) is 10.3. The smallest absolute Gasteiger partial charge is 0.0701 e. The molecule has 3 heteroatoms. The van der Waals surface area contributed by atoms with Crippen LogP contribution < -0.4 is 5.32 Å². The fraction of sp³-hybridized carbons (Fsp3) is 1.00. The van der Waals surface area contributed by atoms with Crippen molar-refractivity contribution in [3.05, 3.63) is 0 Å². The van der Waals surface area contributed by atoms with Gasteiger partial charge < -0.3 is 10.1 Å². The van der Waals surface area contributed by atoms with Crippen molar-refractivity contribution in [3.63, 3.8) is 0 Å². The summed E-state index contributed by atoms with van der Waals surface area (Å²) in [5.74, 6) is 3.43. The number of nitrogens with one attached hydrogen (secondary N) is 1. The lowest BCUT2D eigenvalue weighted by Gasteiger charge is -2.45. The molecule has 1 N–H and O–H groups in total. The zero-order valence-electron chi connectivity index (χ0n) is 14.2. The predicted molar refractivity (Wildman–Crippen MR) is 94.2 cm³/mol. The normalized spacial score (nSPS) is 26.9. The molecular formula is C18H35NOS. The molecule has 2 heterocycles. The molecule has 2 saturated heterocycles. The predicted octanol–water partition coefficient (Wildman–Crippen LogP) is 4.63. The summed E-state index contributed by atoms with van der Waals surface area (Å²) in [5, 5.41) is 3.62. The lowest BCUT2D eigenvalue weighted by Crippen LogP contribution is -2.47. The van der Waals surface area contributed by atoms with Crippen LogP contribution in [0.3, 0.4) is 0 Å². The zero-order valence-corrected chi connectivity index (χ0v) is 15.0. The summed E-state index contributed by atoms with van der Waals surface area (Å²) in [4.78, 5) is 0. The van der Waals surface area contributed by atoms with Crippen molar-refractivity contribution in [2.24, 2.45) is 5.92 Å². The van der Waals surface area contributed by atoms with Gasteiger partial charge in [0.1, 0.15) is 0 Å². The lowest BCUT2D eigenvalue weighted by atomic mass is 9.77. The highest BCUT2D eigenvalue weighted by atomic mass is 32.2. The van der Waals surface area contributed by atoms with Crippen LogP contribution in [0.2, 0.25) is 0 Å². The molecule has 2 aliphatic heterocycles. The first kappa shape index (κ1) is 17.6. The summed E-state index contributed by atoms with van der Waals surface area (Å²) in [5.41, 5.74) is 0.242. The minimum Gasteiger partial charge on any atom is -0.375 e. The van der Waals surface area contributed by atoms with Gasteiger partial charge in [-0.25, -0.2) is 0 Å². The molecule has 0 saturated carbocycles. The topological polar surface area (TPSA) is 21.3 Å². The maximum Gasteiger partial charge on any atom is 0.0701 e. The lowest BCUT2D eigenvalue weighted by molar-refractivity contribution is -0.107. The highest BCUT2D eigenvalue weighted by Crippen LogP contribution is 2.41. The van der Waals surface area contributed by atoms with Crippen molar-refractivity contribution in [2.45, 2.75) is 82.8 Å². The van der Waals surface area contributed by atoms with Crippen molar-refractivity contribution in [1.82, 2.24) is 5.32 Å². The molecule has 0 aliphatic carbocycles. The van der Waals surface area contributed by atoms with Crippen LogP contribution in [-0.2, 0) is 4.74 Å². The molecule has 0 aromatic heterocycles. The van der Waals surface area contributed by atoms with Crippen molar-refractivity contribution in [3.8, 4) is 0 Å². The van der Waals surface area contributed by atoms with Gasteiger partial charge >= 0.3 is 0 Å². The summed E-state index contributed by atoms with van der Waals surface area (Å²) in [6.07, 6.45) is 13.4. The van der Waals surface area contributed by atoms with Crippen LogP contribution in [0.5, 0.6) is 0 Å². The molecule has 124 valence electrons. The van der Waals surface area contributed by atoms with Crippen LogP contribution in [0.25, 0.3) is 0 Å². The first-order valence-electron chi connectivity index (χ1n) is 9.18. The fourth-order valence-electron chi connectivity index (χ4n) is 4.08. The van der Waals surface area contributed by atoms with Gasteiger partial charge in [0.05, 0.1) is 5.60 Å². The third-order valence-corrected chi connectivity index (χ3v) is 6.48. The van der Waals surface area contributed by atoms with Gasteiger partial charge in [-0.1, -0.05) is 39.0 Å². The maximum absolute atomic E-state index is 6.25. The monoisotopic (exact) mass is 313 g/mol. The van der Waals surface area contributed by atoms with Crippen LogP contribution >= 0.6 is 11.8 Å². The van der Waals surface area contributed by atoms with Crippen LogP contribution in [0.15, 0.2) is 0 Å². The molecule has 1 spiro atoms. The number of hydrogen-bond donors (Lipinski definition) is 1. The fourth-order valence-corrected chi connectivity index (χ4v) is 5.32. The average molecular weight is 314 g/mol. The highest BCUT2D eigenvalue weighted by molar-refractivity contribution is 7.99. The van der Waals surface area contributed by atoms with E-state index in [-0.39, 0.29) is 5.60 Å². The SMILES string of the molecule is CCCCCCCC(NC)C1CCOC2(CCSCC2)C1. The summed E-state index contributed by atoms with van der Waals surface area (Å²) < 4.78 is 6.25. The van der Waals surface area contributed by atoms with E-state index in [0.29, 0.717) is 6.04 Å². The Balaban J connectivity index is 1.77. The molecule has 0 radical (unpaired) electrons. The van der Waals surface area contributed by atoms with E-state index in [2.05, 4.69) is 31.1 Å². The maximum atomic E-state index is 6.25. The van der Waals surface area contributed by atoms with Gasteiger partial charge in [0.2, 0.25) is 0 Å². The molecule has 0 aromatic rings. The number of hydrogen-bond acceptors (Lipinski definition) is 3. The molecule has 0 amide bonds. The van der Waals surface area contributed by atoms with E-state index < -0.39 is 0 Å². The third-order valence-electron chi connectivity index (χ3n) is 5.49. The van der Waals surface area contributed by atoms with Crippen molar-refractivity contribution in [2.75, 3.05) is 25.2 Å². The molecule has 21 heavy (non-hydrogen) atoms. The Morgan fingerprint density at radius 2 is 1.95 bits per heavy atom. The van der Waals surface area contributed by atoms with Crippen molar-refractivity contribution in [1.29, 1.82) is 0 Å². The first-order valence-corrected chi connectivity index (χ1v) is 10.3. The summed E-state index contributed by atoms with van der Waals surface area (Å²) in [6, 6.07) is 0.710. The second kappa shape index (κ2) is 9.42. The van der Waals surface area contributed by atoms with Gasteiger partial charge in [0.15, 0.2) is 0 Å². The molecule has 2 nitrogen and oxygen atoms in total. The molecule has 2 aliphatic rings. The van der Waals surface area contributed by atoms with Gasteiger partial charge in [-0.15, -0.1) is 0 Å². The number of unbranched alkanes of at least 4 members (excludes halogenated alkanes) is 4. The molecule has 0 bridgehead atoms. The van der Waals surface area contributed by atoms with Gasteiger partial charge in [0.25, 0.3) is 0 Å². The molecule has 2 fully saturated rings. The minimum atomic E-state index is 0.242. The van der Waals surface area contributed by atoms with Crippen LogP contribution in [-0.4, -0.2) is 36.8 Å².